The van der Waals surface area contributed by atoms with Crippen molar-refractivity contribution in [1.82, 2.24) is 10.6 Å². The summed E-state index contributed by atoms with van der Waals surface area (Å²) in [5.41, 5.74) is 0.195. The number of carboxylic acid groups (broad SMARTS) is 1. The molecule has 2 rings (SSSR count). The van der Waals surface area contributed by atoms with E-state index in [4.69, 9.17) is 10.2 Å². The third kappa shape index (κ3) is 2.81. The van der Waals surface area contributed by atoms with Gasteiger partial charge in [-0.05, 0) is 37.8 Å². The highest BCUT2D eigenvalue weighted by atomic mass is 16.4. The van der Waals surface area contributed by atoms with E-state index in [9.17, 15) is 9.59 Å². The molecule has 0 bridgehead atoms. The lowest BCUT2D eigenvalue weighted by molar-refractivity contribution is -0.147. The van der Waals surface area contributed by atoms with Gasteiger partial charge in [0.15, 0.2) is 6.10 Å². The first-order chi connectivity index (χ1) is 8.55. The number of piperidine rings is 1. The Morgan fingerprint density at radius 2 is 2.06 bits per heavy atom. The van der Waals surface area contributed by atoms with Crippen molar-refractivity contribution in [1.29, 1.82) is 0 Å². The normalized spacial score (nSPS) is 26.6. The van der Waals surface area contributed by atoms with Crippen LogP contribution in [0.25, 0.3) is 0 Å². The van der Waals surface area contributed by atoms with Gasteiger partial charge in [-0.1, -0.05) is 0 Å². The molecule has 1 aliphatic carbocycles. The molecule has 6 nitrogen and oxygen atoms in total. The fraction of sp³-hybridized carbons (Fsp3) is 0.833. The second-order valence-electron chi connectivity index (χ2n) is 5.30. The Bertz CT molecular complexity index is 339. The number of carboxylic acids is 1. The van der Waals surface area contributed by atoms with Gasteiger partial charge in [0.05, 0.1) is 0 Å². The van der Waals surface area contributed by atoms with Crippen LogP contribution >= 0.6 is 0 Å². The van der Waals surface area contributed by atoms with Gasteiger partial charge in [0.1, 0.15) is 0 Å². The van der Waals surface area contributed by atoms with Crippen molar-refractivity contribution in [3.63, 3.8) is 0 Å². The van der Waals surface area contributed by atoms with Crippen molar-refractivity contribution in [2.24, 2.45) is 11.3 Å². The predicted octanol–water partition coefficient (Wildman–Crippen LogP) is -0.672. The summed E-state index contributed by atoms with van der Waals surface area (Å²) in [7, 11) is 0. The predicted molar refractivity (Wildman–Crippen MR) is 63.9 cm³/mol. The lowest BCUT2D eigenvalue weighted by Gasteiger charge is -2.23. The minimum absolute atomic E-state index is 0.00879. The number of aliphatic carboxylic acids is 1. The van der Waals surface area contributed by atoms with Gasteiger partial charge in [-0.15, -0.1) is 0 Å². The first-order valence-electron chi connectivity index (χ1n) is 6.44. The molecule has 0 aromatic carbocycles. The number of rotatable bonds is 5. The Hall–Kier alpha value is -1.14. The molecule has 1 aliphatic heterocycles. The summed E-state index contributed by atoms with van der Waals surface area (Å²) in [6.45, 7) is 2.17. The van der Waals surface area contributed by atoms with Crippen molar-refractivity contribution in [3.05, 3.63) is 0 Å². The van der Waals surface area contributed by atoms with E-state index >= 15 is 0 Å². The van der Waals surface area contributed by atoms with Crippen LogP contribution in [-0.4, -0.2) is 47.8 Å². The van der Waals surface area contributed by atoms with Crippen LogP contribution in [0, 0.1) is 11.3 Å². The van der Waals surface area contributed by atoms with E-state index in [1.165, 1.54) is 0 Å². The number of hydrogen-bond acceptors (Lipinski definition) is 4. The highest BCUT2D eigenvalue weighted by molar-refractivity contribution is 5.82. The maximum atomic E-state index is 11.9. The molecule has 1 heterocycles. The quantitative estimate of drug-likeness (QED) is 0.523. The van der Waals surface area contributed by atoms with Gasteiger partial charge in [-0.3, -0.25) is 4.79 Å². The molecule has 2 aliphatic rings. The third-order valence-electron chi connectivity index (χ3n) is 4.11. The van der Waals surface area contributed by atoms with Gasteiger partial charge < -0.3 is 20.8 Å². The van der Waals surface area contributed by atoms with Crippen molar-refractivity contribution in [2.75, 3.05) is 19.6 Å². The average Bonchev–Trinajstić information content (AvgIpc) is 3.03. The number of amides is 1. The Balaban J connectivity index is 1.69. The van der Waals surface area contributed by atoms with Crippen LogP contribution in [0.2, 0.25) is 0 Å². The minimum Gasteiger partial charge on any atom is -0.479 e. The van der Waals surface area contributed by atoms with Gasteiger partial charge >= 0.3 is 5.97 Å². The van der Waals surface area contributed by atoms with Gasteiger partial charge in [-0.25, -0.2) is 4.79 Å². The molecule has 4 N–H and O–H groups in total. The zero-order valence-electron chi connectivity index (χ0n) is 10.3. The van der Waals surface area contributed by atoms with Gasteiger partial charge in [0.2, 0.25) is 5.91 Å². The molecule has 102 valence electrons. The fourth-order valence-corrected chi connectivity index (χ4v) is 2.77. The second kappa shape index (κ2) is 5.24. The Kier molecular flexibility index (Phi) is 3.87. The number of carbonyl (C=O) groups excluding carboxylic acids is 1. The zero-order chi connectivity index (χ0) is 13.2. The summed E-state index contributed by atoms with van der Waals surface area (Å²) in [4.78, 5) is 22.3. The molecule has 0 aromatic rings. The van der Waals surface area contributed by atoms with Gasteiger partial charge in [0.25, 0.3) is 0 Å². The van der Waals surface area contributed by atoms with Crippen LogP contribution in [-0.2, 0) is 9.59 Å². The molecule has 1 spiro atoms. The van der Waals surface area contributed by atoms with Crippen LogP contribution in [0.5, 0.6) is 0 Å². The fourth-order valence-electron chi connectivity index (χ4n) is 2.77. The molecule has 1 unspecified atom stereocenters. The second-order valence-corrected chi connectivity index (χ2v) is 5.30. The Morgan fingerprint density at radius 3 is 2.67 bits per heavy atom. The van der Waals surface area contributed by atoms with Crippen LogP contribution in [0.3, 0.4) is 0 Å². The molecule has 18 heavy (non-hydrogen) atoms. The van der Waals surface area contributed by atoms with Gasteiger partial charge in [-0.2, -0.15) is 0 Å². The number of carbonyl (C=O) groups is 2. The molecular formula is C12H20N2O4. The first kappa shape index (κ1) is 13.3. The Morgan fingerprint density at radius 1 is 1.39 bits per heavy atom. The summed E-state index contributed by atoms with van der Waals surface area (Å²) >= 11 is 0. The highest BCUT2D eigenvalue weighted by Crippen LogP contribution is 2.58. The third-order valence-corrected chi connectivity index (χ3v) is 4.11. The van der Waals surface area contributed by atoms with E-state index < -0.39 is 12.1 Å². The molecule has 2 atom stereocenters. The Labute approximate surface area is 106 Å². The van der Waals surface area contributed by atoms with E-state index in [-0.39, 0.29) is 30.2 Å². The van der Waals surface area contributed by atoms with E-state index in [2.05, 4.69) is 10.6 Å². The van der Waals surface area contributed by atoms with Crippen molar-refractivity contribution < 1.29 is 19.8 Å². The maximum Gasteiger partial charge on any atom is 0.332 e. The average molecular weight is 256 g/mol. The highest BCUT2D eigenvalue weighted by Gasteiger charge is 2.57. The first-order valence-corrected chi connectivity index (χ1v) is 6.44. The summed E-state index contributed by atoms with van der Waals surface area (Å²) in [6, 6.07) is 0. The minimum atomic E-state index is -1.39. The lowest BCUT2D eigenvalue weighted by Crippen LogP contribution is -2.35. The SMILES string of the molecule is O=C(NCC[C@H](O)C(=O)O)C1CC12CCNCC2. The van der Waals surface area contributed by atoms with Crippen LogP contribution < -0.4 is 10.6 Å². The lowest BCUT2D eigenvalue weighted by atomic mass is 9.92. The monoisotopic (exact) mass is 256 g/mol. The maximum absolute atomic E-state index is 11.9. The van der Waals surface area contributed by atoms with E-state index in [1.54, 1.807) is 0 Å². The standard InChI is InChI=1S/C12H20N2O4/c15-9(11(17)18)1-4-14-10(16)8-7-12(8)2-5-13-6-3-12/h8-9,13,15H,1-7H2,(H,14,16)(H,17,18)/t8?,9-/m0/s1. The molecule has 1 saturated heterocycles. The molecular weight excluding hydrogens is 236 g/mol. The topological polar surface area (TPSA) is 98.7 Å². The summed E-state index contributed by atoms with van der Waals surface area (Å²) in [6.07, 6.45) is 1.70. The smallest absolute Gasteiger partial charge is 0.332 e. The largest absolute Gasteiger partial charge is 0.479 e. The van der Waals surface area contributed by atoms with Gasteiger partial charge in [0, 0.05) is 18.9 Å². The van der Waals surface area contributed by atoms with E-state index in [0.29, 0.717) is 0 Å². The van der Waals surface area contributed by atoms with Crippen LogP contribution in [0.15, 0.2) is 0 Å². The summed E-state index contributed by atoms with van der Waals surface area (Å²) in [5, 5.41) is 23.6. The number of nitrogens with one attached hydrogen (secondary N) is 2. The zero-order valence-corrected chi connectivity index (χ0v) is 10.3. The summed E-state index contributed by atoms with van der Waals surface area (Å²) in [5.74, 6) is -1.15. The van der Waals surface area contributed by atoms with E-state index in [0.717, 1.165) is 32.4 Å². The van der Waals surface area contributed by atoms with Crippen LogP contribution in [0.1, 0.15) is 25.7 Å². The summed E-state index contributed by atoms with van der Waals surface area (Å²) < 4.78 is 0. The van der Waals surface area contributed by atoms with Crippen molar-refractivity contribution in [3.8, 4) is 0 Å². The van der Waals surface area contributed by atoms with Crippen molar-refractivity contribution >= 4 is 11.9 Å². The molecule has 0 aromatic heterocycles. The molecule has 2 fully saturated rings. The van der Waals surface area contributed by atoms with Crippen molar-refractivity contribution in [2.45, 2.75) is 31.8 Å². The molecule has 0 radical (unpaired) electrons. The molecule has 6 heteroatoms. The number of hydrogen-bond donors (Lipinski definition) is 4. The number of aliphatic hydroxyl groups is 1. The molecule has 1 saturated carbocycles. The number of aliphatic hydroxyl groups excluding tert-OH is 1. The molecule has 1 amide bonds. The van der Waals surface area contributed by atoms with Crippen LogP contribution in [0.4, 0.5) is 0 Å². The van der Waals surface area contributed by atoms with E-state index in [1.807, 2.05) is 0 Å².